The van der Waals surface area contributed by atoms with E-state index in [0.29, 0.717) is 36.0 Å². The lowest BCUT2D eigenvalue weighted by Crippen LogP contribution is -2.41. The number of fused-ring (bicyclic) bond motifs is 1. The topological polar surface area (TPSA) is 103 Å². The van der Waals surface area contributed by atoms with Crippen LogP contribution in [-0.4, -0.2) is 65.4 Å². The Bertz CT molecular complexity index is 1060. The van der Waals surface area contributed by atoms with E-state index >= 15 is 0 Å². The summed E-state index contributed by atoms with van der Waals surface area (Å²) in [5.74, 6) is 1.71. The average molecular weight is 465 g/mol. The van der Waals surface area contributed by atoms with Crippen molar-refractivity contribution < 1.29 is 32.2 Å². The van der Waals surface area contributed by atoms with Crippen molar-refractivity contribution in [2.45, 2.75) is 13.0 Å². The number of carbonyl (C=O) groups excluding carboxylic acids is 1. The molecule has 0 saturated carbocycles. The van der Waals surface area contributed by atoms with Crippen LogP contribution >= 0.6 is 0 Å². The molecule has 0 unspecified atom stereocenters. The van der Waals surface area contributed by atoms with Gasteiger partial charge >= 0.3 is 0 Å². The van der Waals surface area contributed by atoms with Crippen molar-refractivity contribution in [1.82, 2.24) is 9.62 Å². The van der Waals surface area contributed by atoms with Gasteiger partial charge in [-0.15, -0.1) is 0 Å². The first-order valence-corrected chi connectivity index (χ1v) is 11.7. The number of hydrogen-bond donors (Lipinski definition) is 1. The van der Waals surface area contributed by atoms with Crippen molar-refractivity contribution in [1.29, 1.82) is 0 Å². The second kappa shape index (κ2) is 10.6. The SMILES string of the molecule is COc1cccc(OCC(=O)NCCS(=O)(=O)N2CCc3cc(OC)c(OC)cc3C2)c1. The maximum atomic E-state index is 12.8. The highest BCUT2D eigenvalue weighted by molar-refractivity contribution is 7.89. The zero-order valence-corrected chi connectivity index (χ0v) is 19.2. The molecule has 0 fully saturated rings. The molecule has 1 N–H and O–H groups in total. The van der Waals surface area contributed by atoms with Crippen molar-refractivity contribution in [3.8, 4) is 23.0 Å². The smallest absolute Gasteiger partial charge is 0.257 e. The number of ether oxygens (including phenoxy) is 4. The third kappa shape index (κ3) is 5.83. The first kappa shape index (κ1) is 23.7. The number of hydrogen-bond acceptors (Lipinski definition) is 7. The van der Waals surface area contributed by atoms with Crippen LogP contribution in [0.2, 0.25) is 0 Å². The maximum Gasteiger partial charge on any atom is 0.257 e. The highest BCUT2D eigenvalue weighted by Crippen LogP contribution is 2.33. The molecule has 174 valence electrons. The largest absolute Gasteiger partial charge is 0.497 e. The van der Waals surface area contributed by atoms with E-state index < -0.39 is 15.9 Å². The Labute approximate surface area is 188 Å². The molecule has 3 rings (SSSR count). The molecule has 32 heavy (non-hydrogen) atoms. The van der Waals surface area contributed by atoms with Crippen LogP contribution in [0.1, 0.15) is 11.1 Å². The molecule has 1 aliphatic heterocycles. The summed E-state index contributed by atoms with van der Waals surface area (Å²) in [7, 11) is 1.11. The second-order valence-corrected chi connectivity index (χ2v) is 9.28. The zero-order chi connectivity index (χ0) is 23.1. The van der Waals surface area contributed by atoms with E-state index in [2.05, 4.69) is 5.32 Å². The molecule has 9 nitrogen and oxygen atoms in total. The van der Waals surface area contributed by atoms with E-state index in [0.717, 1.165) is 11.1 Å². The van der Waals surface area contributed by atoms with Gasteiger partial charge in [0.05, 0.1) is 27.1 Å². The first-order valence-electron chi connectivity index (χ1n) is 10.1. The quantitative estimate of drug-likeness (QED) is 0.570. The third-order valence-corrected chi connectivity index (χ3v) is 6.99. The van der Waals surface area contributed by atoms with Crippen molar-refractivity contribution in [3.63, 3.8) is 0 Å². The second-order valence-electron chi connectivity index (χ2n) is 7.19. The fourth-order valence-electron chi connectivity index (χ4n) is 3.43. The summed E-state index contributed by atoms with van der Waals surface area (Å²) in [5.41, 5.74) is 1.92. The molecule has 0 aromatic heterocycles. The molecule has 0 saturated heterocycles. The van der Waals surface area contributed by atoms with Crippen LogP contribution in [0.3, 0.4) is 0 Å². The predicted octanol–water partition coefficient (Wildman–Crippen LogP) is 1.60. The van der Waals surface area contributed by atoms with E-state index in [1.165, 1.54) is 4.31 Å². The van der Waals surface area contributed by atoms with Crippen LogP contribution in [-0.2, 0) is 27.8 Å². The Morgan fingerprint density at radius 2 is 1.69 bits per heavy atom. The van der Waals surface area contributed by atoms with Crippen molar-refractivity contribution in [2.75, 3.05) is 46.8 Å². The molecular weight excluding hydrogens is 436 g/mol. The lowest BCUT2D eigenvalue weighted by Gasteiger charge is -2.29. The van der Waals surface area contributed by atoms with Crippen LogP contribution in [0.4, 0.5) is 0 Å². The zero-order valence-electron chi connectivity index (χ0n) is 18.4. The molecule has 0 aliphatic carbocycles. The molecule has 0 atom stereocenters. The van der Waals surface area contributed by atoms with Gasteiger partial charge in [0.1, 0.15) is 11.5 Å². The Kier molecular flexibility index (Phi) is 7.81. The Morgan fingerprint density at radius 3 is 2.38 bits per heavy atom. The summed E-state index contributed by atoms with van der Waals surface area (Å²) in [6, 6.07) is 10.6. The molecular formula is C22H28N2O7S. The molecule has 1 heterocycles. The summed E-state index contributed by atoms with van der Waals surface area (Å²) in [4.78, 5) is 12.0. The van der Waals surface area contributed by atoms with Crippen molar-refractivity contribution >= 4 is 15.9 Å². The van der Waals surface area contributed by atoms with Gasteiger partial charge < -0.3 is 24.3 Å². The van der Waals surface area contributed by atoms with Gasteiger partial charge in [-0.05, 0) is 41.8 Å². The summed E-state index contributed by atoms with van der Waals surface area (Å²) < 4.78 is 48.1. The minimum Gasteiger partial charge on any atom is -0.497 e. The lowest BCUT2D eigenvalue weighted by molar-refractivity contribution is -0.122. The molecule has 2 aromatic rings. The lowest BCUT2D eigenvalue weighted by atomic mass is 10.0. The van der Waals surface area contributed by atoms with Gasteiger partial charge in [0.2, 0.25) is 10.0 Å². The fourth-order valence-corrected chi connectivity index (χ4v) is 4.76. The number of nitrogens with zero attached hydrogens (tertiary/aromatic N) is 1. The molecule has 0 spiro atoms. The van der Waals surface area contributed by atoms with E-state index in [1.807, 2.05) is 12.1 Å². The van der Waals surface area contributed by atoms with Crippen LogP contribution in [0.5, 0.6) is 23.0 Å². The molecule has 1 amide bonds. The fraction of sp³-hybridized carbons (Fsp3) is 0.409. The molecule has 0 radical (unpaired) electrons. The van der Waals surface area contributed by atoms with E-state index in [-0.39, 0.29) is 25.4 Å². The predicted molar refractivity (Wildman–Crippen MR) is 119 cm³/mol. The van der Waals surface area contributed by atoms with E-state index in [4.69, 9.17) is 18.9 Å². The Balaban J connectivity index is 1.50. The minimum absolute atomic E-state index is 0.00206. The van der Waals surface area contributed by atoms with Gasteiger partial charge in [-0.1, -0.05) is 6.07 Å². The number of rotatable bonds is 10. The number of nitrogens with one attached hydrogen (secondary N) is 1. The maximum absolute atomic E-state index is 12.8. The van der Waals surface area contributed by atoms with Crippen molar-refractivity contribution in [2.24, 2.45) is 0 Å². The summed E-state index contributed by atoms with van der Waals surface area (Å²) in [5, 5.41) is 2.59. The molecule has 10 heteroatoms. The van der Waals surface area contributed by atoms with E-state index in [9.17, 15) is 13.2 Å². The molecule has 1 aliphatic rings. The number of amides is 1. The minimum atomic E-state index is -3.54. The van der Waals surface area contributed by atoms with Gasteiger partial charge in [0.25, 0.3) is 5.91 Å². The average Bonchev–Trinajstić information content (AvgIpc) is 2.81. The van der Waals surface area contributed by atoms with Gasteiger partial charge in [-0.25, -0.2) is 8.42 Å². The number of carbonyl (C=O) groups is 1. The number of methoxy groups -OCH3 is 3. The summed E-state index contributed by atoms with van der Waals surface area (Å²) >= 11 is 0. The monoisotopic (exact) mass is 464 g/mol. The van der Waals surface area contributed by atoms with E-state index in [1.54, 1.807) is 45.6 Å². The molecule has 0 bridgehead atoms. The summed E-state index contributed by atoms with van der Waals surface area (Å²) in [6.45, 7) is 0.409. The van der Waals surface area contributed by atoms with Gasteiger partial charge in [0.15, 0.2) is 18.1 Å². The van der Waals surface area contributed by atoms with Crippen LogP contribution in [0.15, 0.2) is 36.4 Å². The summed E-state index contributed by atoms with van der Waals surface area (Å²) in [6.07, 6.45) is 0.579. The van der Waals surface area contributed by atoms with Gasteiger partial charge in [0, 0.05) is 25.7 Å². The Morgan fingerprint density at radius 1 is 1.00 bits per heavy atom. The van der Waals surface area contributed by atoms with Crippen LogP contribution < -0.4 is 24.3 Å². The van der Waals surface area contributed by atoms with Crippen molar-refractivity contribution in [3.05, 3.63) is 47.5 Å². The van der Waals surface area contributed by atoms with Crippen LogP contribution in [0, 0.1) is 0 Å². The Hall–Kier alpha value is -2.98. The molecule has 2 aromatic carbocycles. The van der Waals surface area contributed by atoms with Crippen LogP contribution in [0.25, 0.3) is 0 Å². The van der Waals surface area contributed by atoms with Gasteiger partial charge in [-0.3, -0.25) is 4.79 Å². The first-order chi connectivity index (χ1) is 15.4. The number of benzene rings is 2. The van der Waals surface area contributed by atoms with Gasteiger partial charge in [-0.2, -0.15) is 4.31 Å². The standard InChI is InChI=1S/C22H28N2O7S/c1-28-18-5-4-6-19(13-18)31-15-22(25)23-8-10-32(26,27)24-9-7-16-11-20(29-2)21(30-3)12-17(16)14-24/h4-6,11-13H,7-10,14-15H2,1-3H3,(H,23,25). The highest BCUT2D eigenvalue weighted by Gasteiger charge is 2.27. The third-order valence-electron chi connectivity index (χ3n) is 5.17. The number of sulfonamides is 1. The highest BCUT2D eigenvalue weighted by atomic mass is 32.2. The normalized spacial score (nSPS) is 13.7.